The summed E-state index contributed by atoms with van der Waals surface area (Å²) >= 11 is 0. The van der Waals surface area contributed by atoms with Crippen LogP contribution in [0.2, 0.25) is 0 Å². The Morgan fingerprint density at radius 2 is 1.86 bits per heavy atom. The summed E-state index contributed by atoms with van der Waals surface area (Å²) in [6.07, 6.45) is 0. The summed E-state index contributed by atoms with van der Waals surface area (Å²) in [7, 11) is 0. The molecule has 0 spiro atoms. The van der Waals surface area contributed by atoms with E-state index >= 15 is 0 Å². The molecule has 0 heterocycles. The van der Waals surface area contributed by atoms with E-state index in [1.54, 1.807) is 18.2 Å². The molecule has 4 N–H and O–H groups in total. The highest BCUT2D eigenvalue weighted by Crippen LogP contribution is 2.30. The van der Waals surface area contributed by atoms with Crippen LogP contribution in [-0.2, 0) is 5.41 Å². The van der Waals surface area contributed by atoms with Gasteiger partial charge in [0.25, 0.3) is 0 Å². The maximum Gasteiger partial charge on any atom is 0.249 e. The van der Waals surface area contributed by atoms with Crippen molar-refractivity contribution in [3.05, 3.63) is 29.3 Å². The molecule has 14 heavy (non-hydrogen) atoms. The number of rotatable bonds is 1. The Kier molecular flexibility index (Phi) is 2.51. The van der Waals surface area contributed by atoms with E-state index in [-0.39, 0.29) is 5.41 Å². The summed E-state index contributed by atoms with van der Waals surface area (Å²) < 4.78 is 0. The van der Waals surface area contributed by atoms with Crippen LogP contribution in [0.3, 0.4) is 0 Å². The van der Waals surface area contributed by atoms with Crippen LogP contribution >= 0.6 is 0 Å². The van der Waals surface area contributed by atoms with Gasteiger partial charge in [-0.25, -0.2) is 0 Å². The van der Waals surface area contributed by atoms with E-state index < -0.39 is 5.91 Å². The average molecular weight is 192 g/mol. The summed E-state index contributed by atoms with van der Waals surface area (Å²) in [5, 5.41) is 0. The minimum atomic E-state index is -0.428. The van der Waals surface area contributed by atoms with Crippen molar-refractivity contribution in [1.29, 1.82) is 0 Å². The Morgan fingerprint density at radius 1 is 1.29 bits per heavy atom. The second-order valence-corrected chi connectivity index (χ2v) is 4.38. The number of carbonyl (C=O) groups is 1. The molecule has 1 aromatic rings. The maximum absolute atomic E-state index is 11.2. The van der Waals surface area contributed by atoms with Crippen molar-refractivity contribution in [2.75, 3.05) is 5.73 Å². The lowest BCUT2D eigenvalue weighted by Crippen LogP contribution is -2.22. The molecule has 0 bridgehead atoms. The fraction of sp³-hybridized carbons (Fsp3) is 0.364. The van der Waals surface area contributed by atoms with Gasteiger partial charge in [-0.15, -0.1) is 0 Å². The Balaban J connectivity index is 3.45. The van der Waals surface area contributed by atoms with Crippen LogP contribution in [-0.4, -0.2) is 5.91 Å². The van der Waals surface area contributed by atoms with E-state index in [1.807, 2.05) is 20.8 Å². The second-order valence-electron chi connectivity index (χ2n) is 4.38. The summed E-state index contributed by atoms with van der Waals surface area (Å²) in [6.45, 7) is 6.02. The number of hydrogen-bond acceptors (Lipinski definition) is 2. The zero-order valence-electron chi connectivity index (χ0n) is 8.79. The van der Waals surface area contributed by atoms with Gasteiger partial charge >= 0.3 is 0 Å². The number of nitrogens with two attached hydrogens (primary N) is 2. The Labute approximate surface area is 84.1 Å². The van der Waals surface area contributed by atoms with Crippen LogP contribution in [0.25, 0.3) is 0 Å². The Hall–Kier alpha value is -1.51. The highest BCUT2D eigenvalue weighted by Gasteiger charge is 2.22. The fourth-order valence-electron chi connectivity index (χ4n) is 1.61. The molecule has 0 fully saturated rings. The van der Waals surface area contributed by atoms with Gasteiger partial charge in [-0.2, -0.15) is 0 Å². The molecule has 3 nitrogen and oxygen atoms in total. The first-order valence-corrected chi connectivity index (χ1v) is 4.53. The summed E-state index contributed by atoms with van der Waals surface area (Å²) in [5.41, 5.74) is 12.9. The largest absolute Gasteiger partial charge is 0.398 e. The smallest absolute Gasteiger partial charge is 0.249 e. The first-order valence-electron chi connectivity index (χ1n) is 4.53. The Bertz CT molecular complexity index is 364. The van der Waals surface area contributed by atoms with E-state index in [9.17, 15) is 4.79 Å². The van der Waals surface area contributed by atoms with Gasteiger partial charge in [-0.05, 0) is 23.1 Å². The fourth-order valence-corrected chi connectivity index (χ4v) is 1.61. The van der Waals surface area contributed by atoms with Gasteiger partial charge in [0.1, 0.15) is 0 Å². The number of carbonyl (C=O) groups excluding carboxylic acids is 1. The van der Waals surface area contributed by atoms with Crippen molar-refractivity contribution in [2.45, 2.75) is 26.2 Å². The predicted octanol–water partition coefficient (Wildman–Crippen LogP) is 1.67. The summed E-state index contributed by atoms with van der Waals surface area (Å²) in [5.74, 6) is -0.428. The first-order chi connectivity index (χ1) is 6.34. The number of hydrogen-bond donors (Lipinski definition) is 2. The Morgan fingerprint density at radius 3 is 2.21 bits per heavy atom. The molecule has 1 aromatic carbocycles. The topological polar surface area (TPSA) is 69.1 Å². The molecule has 0 aliphatic carbocycles. The molecule has 0 atom stereocenters. The van der Waals surface area contributed by atoms with Crippen LogP contribution in [0.1, 0.15) is 36.7 Å². The predicted molar refractivity (Wildman–Crippen MR) is 58.1 cm³/mol. The van der Waals surface area contributed by atoms with Crippen LogP contribution in [0.4, 0.5) is 5.69 Å². The molecule has 0 aliphatic rings. The third-order valence-corrected chi connectivity index (χ3v) is 2.11. The molecule has 0 saturated heterocycles. The average Bonchev–Trinajstić information content (AvgIpc) is 2.01. The molecule has 0 aliphatic heterocycles. The molecule has 1 amide bonds. The minimum absolute atomic E-state index is 0.171. The lowest BCUT2D eigenvalue weighted by atomic mass is 9.82. The van der Waals surface area contributed by atoms with Crippen LogP contribution in [0, 0.1) is 0 Å². The quantitative estimate of drug-likeness (QED) is 0.664. The van der Waals surface area contributed by atoms with E-state index in [1.165, 1.54) is 0 Å². The molecule has 76 valence electrons. The number of amides is 1. The third kappa shape index (κ3) is 1.87. The van der Waals surface area contributed by atoms with E-state index in [4.69, 9.17) is 11.5 Å². The highest BCUT2D eigenvalue weighted by atomic mass is 16.1. The van der Waals surface area contributed by atoms with Crippen molar-refractivity contribution in [2.24, 2.45) is 5.73 Å². The number of anilines is 1. The molecule has 0 radical (unpaired) electrons. The van der Waals surface area contributed by atoms with Crippen LogP contribution in [0.5, 0.6) is 0 Å². The molecule has 0 aromatic heterocycles. The lowest BCUT2D eigenvalue weighted by molar-refractivity contribution is 0.0998. The summed E-state index contributed by atoms with van der Waals surface area (Å²) in [6, 6.07) is 5.23. The van der Waals surface area contributed by atoms with Gasteiger partial charge < -0.3 is 11.5 Å². The van der Waals surface area contributed by atoms with Crippen LogP contribution < -0.4 is 11.5 Å². The minimum Gasteiger partial charge on any atom is -0.398 e. The highest BCUT2D eigenvalue weighted by molar-refractivity contribution is 5.96. The van der Waals surface area contributed by atoms with Gasteiger partial charge in [0.15, 0.2) is 0 Å². The van der Waals surface area contributed by atoms with Gasteiger partial charge in [0.2, 0.25) is 5.91 Å². The molecule has 0 unspecified atom stereocenters. The van der Waals surface area contributed by atoms with Gasteiger partial charge in [-0.3, -0.25) is 4.79 Å². The molecular weight excluding hydrogens is 176 g/mol. The van der Waals surface area contributed by atoms with Gasteiger partial charge in [0.05, 0.1) is 0 Å². The maximum atomic E-state index is 11.2. The van der Waals surface area contributed by atoms with Crippen molar-refractivity contribution in [1.82, 2.24) is 0 Å². The summed E-state index contributed by atoms with van der Waals surface area (Å²) in [4.78, 5) is 11.2. The normalized spacial score (nSPS) is 11.4. The first kappa shape index (κ1) is 10.6. The molecule has 1 rings (SSSR count). The SMILES string of the molecule is CC(C)(C)c1c(N)cccc1C(N)=O. The van der Waals surface area contributed by atoms with Gasteiger partial charge in [-0.1, -0.05) is 26.8 Å². The van der Waals surface area contributed by atoms with Crippen molar-refractivity contribution < 1.29 is 4.79 Å². The van der Waals surface area contributed by atoms with E-state index in [0.29, 0.717) is 11.3 Å². The number of benzene rings is 1. The van der Waals surface area contributed by atoms with Gasteiger partial charge in [0, 0.05) is 11.3 Å². The number of nitrogen functional groups attached to an aromatic ring is 1. The van der Waals surface area contributed by atoms with Crippen LogP contribution in [0.15, 0.2) is 18.2 Å². The lowest BCUT2D eigenvalue weighted by Gasteiger charge is -2.23. The monoisotopic (exact) mass is 192 g/mol. The van der Waals surface area contributed by atoms with Crippen molar-refractivity contribution in [3.63, 3.8) is 0 Å². The van der Waals surface area contributed by atoms with E-state index in [2.05, 4.69) is 0 Å². The zero-order chi connectivity index (χ0) is 10.9. The van der Waals surface area contributed by atoms with Crippen molar-refractivity contribution in [3.8, 4) is 0 Å². The van der Waals surface area contributed by atoms with Crippen molar-refractivity contribution >= 4 is 11.6 Å². The molecular formula is C11H16N2O. The molecule has 0 saturated carbocycles. The number of primary amides is 1. The third-order valence-electron chi connectivity index (χ3n) is 2.11. The standard InChI is InChI=1S/C11H16N2O/c1-11(2,3)9-7(10(13)14)5-4-6-8(9)12/h4-6H,12H2,1-3H3,(H2,13,14). The second kappa shape index (κ2) is 3.33. The molecule has 3 heteroatoms. The van der Waals surface area contributed by atoms with E-state index in [0.717, 1.165) is 5.56 Å². The zero-order valence-corrected chi connectivity index (χ0v) is 8.79.